The number of halogens is 1. The van der Waals surface area contributed by atoms with Gasteiger partial charge >= 0.3 is 0 Å². The van der Waals surface area contributed by atoms with Crippen LogP contribution in [0, 0.1) is 0 Å². The van der Waals surface area contributed by atoms with E-state index in [1.165, 1.54) is 0 Å². The van der Waals surface area contributed by atoms with E-state index in [0.717, 1.165) is 19.5 Å². The maximum Gasteiger partial charge on any atom is 0.104 e. The largest absolute Gasteiger partial charge is 0.393 e. The molecule has 0 radical (unpaired) electrons. The van der Waals surface area contributed by atoms with E-state index in [1.54, 1.807) is 7.11 Å². The molecule has 0 aromatic rings. The molecule has 62 valence electrons. The van der Waals surface area contributed by atoms with Gasteiger partial charge < -0.3 is 15.2 Å². The molecule has 0 saturated carbocycles. The highest BCUT2D eigenvalue weighted by molar-refractivity contribution is 5.85. The summed E-state index contributed by atoms with van der Waals surface area (Å²) in [6.45, 7) is 1.85. The smallest absolute Gasteiger partial charge is 0.104 e. The van der Waals surface area contributed by atoms with E-state index in [1.807, 2.05) is 0 Å². The topological polar surface area (TPSA) is 41.5 Å². The van der Waals surface area contributed by atoms with Crippen LogP contribution in [0.4, 0.5) is 0 Å². The predicted octanol–water partition coefficient (Wildman–Crippen LogP) is -0.221. The van der Waals surface area contributed by atoms with Crippen molar-refractivity contribution in [1.82, 2.24) is 5.32 Å². The lowest BCUT2D eigenvalue weighted by Gasteiger charge is -2.22. The van der Waals surface area contributed by atoms with Crippen molar-refractivity contribution >= 4 is 12.4 Å². The lowest BCUT2D eigenvalue weighted by molar-refractivity contribution is -0.0358. The van der Waals surface area contributed by atoms with Gasteiger partial charge in [-0.05, 0) is 13.0 Å². The molecule has 1 aliphatic heterocycles. The van der Waals surface area contributed by atoms with Gasteiger partial charge in [0.15, 0.2) is 0 Å². The van der Waals surface area contributed by atoms with E-state index >= 15 is 0 Å². The minimum absolute atomic E-state index is 0. The molecule has 0 amide bonds. The SMILES string of the molecule is COC1(CO)CCNC1.Cl. The van der Waals surface area contributed by atoms with Gasteiger partial charge in [0.05, 0.1) is 6.61 Å². The van der Waals surface area contributed by atoms with Crippen molar-refractivity contribution in [3.05, 3.63) is 0 Å². The number of aliphatic hydroxyl groups is 1. The molecule has 0 aromatic heterocycles. The van der Waals surface area contributed by atoms with Crippen molar-refractivity contribution in [2.75, 3.05) is 26.8 Å². The average molecular weight is 168 g/mol. The molecule has 2 N–H and O–H groups in total. The van der Waals surface area contributed by atoms with E-state index < -0.39 is 0 Å². The highest BCUT2D eigenvalue weighted by Crippen LogP contribution is 2.16. The van der Waals surface area contributed by atoms with E-state index in [-0.39, 0.29) is 24.6 Å². The van der Waals surface area contributed by atoms with Crippen LogP contribution in [-0.4, -0.2) is 37.5 Å². The molecule has 1 unspecified atom stereocenters. The summed E-state index contributed by atoms with van der Waals surface area (Å²) in [5, 5.41) is 12.0. The zero-order valence-electron chi connectivity index (χ0n) is 6.09. The maximum atomic E-state index is 8.85. The Hall–Kier alpha value is 0.170. The average Bonchev–Trinajstić information content (AvgIpc) is 2.36. The maximum absolute atomic E-state index is 8.85. The third kappa shape index (κ3) is 1.83. The van der Waals surface area contributed by atoms with Gasteiger partial charge in [0.25, 0.3) is 0 Å². The van der Waals surface area contributed by atoms with Crippen LogP contribution in [0.15, 0.2) is 0 Å². The highest BCUT2D eigenvalue weighted by atomic mass is 35.5. The number of rotatable bonds is 2. The minimum atomic E-state index is -0.278. The Morgan fingerprint density at radius 1 is 1.70 bits per heavy atom. The van der Waals surface area contributed by atoms with Crippen molar-refractivity contribution in [2.24, 2.45) is 0 Å². The van der Waals surface area contributed by atoms with Crippen molar-refractivity contribution in [2.45, 2.75) is 12.0 Å². The monoisotopic (exact) mass is 167 g/mol. The van der Waals surface area contributed by atoms with E-state index in [0.29, 0.717) is 0 Å². The van der Waals surface area contributed by atoms with Gasteiger partial charge in [-0.3, -0.25) is 0 Å². The Kier molecular flexibility index (Phi) is 4.20. The van der Waals surface area contributed by atoms with Crippen LogP contribution in [-0.2, 0) is 4.74 Å². The quantitative estimate of drug-likeness (QED) is 0.598. The molecule has 4 heteroatoms. The molecule has 1 heterocycles. The number of hydrogen-bond acceptors (Lipinski definition) is 3. The van der Waals surface area contributed by atoms with Crippen LogP contribution < -0.4 is 5.32 Å². The molecule has 1 atom stereocenters. The van der Waals surface area contributed by atoms with Crippen LogP contribution in [0.1, 0.15) is 6.42 Å². The molecule has 10 heavy (non-hydrogen) atoms. The van der Waals surface area contributed by atoms with Crippen LogP contribution >= 0.6 is 12.4 Å². The summed E-state index contributed by atoms with van der Waals surface area (Å²) in [7, 11) is 1.64. The number of hydrogen-bond donors (Lipinski definition) is 2. The third-order valence-corrected chi connectivity index (χ3v) is 1.93. The molecule has 0 aliphatic carbocycles. The number of methoxy groups -OCH3 is 1. The second-order valence-electron chi connectivity index (χ2n) is 2.47. The molecule has 0 bridgehead atoms. The summed E-state index contributed by atoms with van der Waals surface area (Å²) < 4.78 is 5.14. The Labute approximate surface area is 67.2 Å². The zero-order chi connectivity index (χ0) is 6.74. The molecule has 1 fully saturated rings. The van der Waals surface area contributed by atoms with Gasteiger partial charge in [0.2, 0.25) is 0 Å². The predicted molar refractivity (Wildman–Crippen MR) is 41.6 cm³/mol. The van der Waals surface area contributed by atoms with E-state index in [2.05, 4.69) is 5.32 Å². The van der Waals surface area contributed by atoms with E-state index in [4.69, 9.17) is 9.84 Å². The highest BCUT2D eigenvalue weighted by Gasteiger charge is 2.32. The molecule has 1 rings (SSSR count). The summed E-state index contributed by atoms with van der Waals surface area (Å²) in [5.74, 6) is 0. The van der Waals surface area contributed by atoms with Crippen molar-refractivity contribution < 1.29 is 9.84 Å². The molecule has 1 aliphatic rings. The first kappa shape index (κ1) is 10.2. The lowest BCUT2D eigenvalue weighted by Crippen LogP contribution is -2.37. The summed E-state index contributed by atoms with van der Waals surface area (Å²) in [6.07, 6.45) is 0.917. The van der Waals surface area contributed by atoms with Crippen molar-refractivity contribution in [1.29, 1.82) is 0 Å². The number of aliphatic hydroxyl groups excluding tert-OH is 1. The van der Waals surface area contributed by atoms with Gasteiger partial charge in [-0.15, -0.1) is 12.4 Å². The Bertz CT molecular complexity index is 87.7. The van der Waals surface area contributed by atoms with Crippen LogP contribution in [0.25, 0.3) is 0 Å². The third-order valence-electron chi connectivity index (χ3n) is 1.93. The fourth-order valence-corrected chi connectivity index (χ4v) is 1.09. The first-order valence-corrected chi connectivity index (χ1v) is 3.20. The Balaban J connectivity index is 0.000000810. The molecular weight excluding hydrogens is 154 g/mol. The van der Waals surface area contributed by atoms with Crippen LogP contribution in [0.2, 0.25) is 0 Å². The lowest BCUT2D eigenvalue weighted by atomic mass is 10.1. The van der Waals surface area contributed by atoms with Crippen LogP contribution in [0.3, 0.4) is 0 Å². The minimum Gasteiger partial charge on any atom is -0.393 e. The normalized spacial score (nSPS) is 31.8. The number of nitrogens with one attached hydrogen (secondary N) is 1. The standard InChI is InChI=1S/C6H13NO2.ClH/c1-9-6(5-8)2-3-7-4-6;/h7-8H,2-5H2,1H3;1H. The summed E-state index contributed by atoms with van der Waals surface area (Å²) in [4.78, 5) is 0. The summed E-state index contributed by atoms with van der Waals surface area (Å²) >= 11 is 0. The fourth-order valence-electron chi connectivity index (χ4n) is 1.09. The van der Waals surface area contributed by atoms with Crippen molar-refractivity contribution in [3.8, 4) is 0 Å². The fraction of sp³-hybridized carbons (Fsp3) is 1.00. The zero-order valence-corrected chi connectivity index (χ0v) is 6.91. The molecule has 1 saturated heterocycles. The Morgan fingerprint density at radius 2 is 2.40 bits per heavy atom. The van der Waals surface area contributed by atoms with Gasteiger partial charge in [0, 0.05) is 13.7 Å². The first-order chi connectivity index (χ1) is 4.33. The number of ether oxygens (including phenoxy) is 1. The van der Waals surface area contributed by atoms with E-state index in [9.17, 15) is 0 Å². The second kappa shape index (κ2) is 4.13. The molecule has 0 aromatic carbocycles. The van der Waals surface area contributed by atoms with Gasteiger partial charge in [0.1, 0.15) is 5.60 Å². The van der Waals surface area contributed by atoms with Crippen molar-refractivity contribution in [3.63, 3.8) is 0 Å². The second-order valence-corrected chi connectivity index (χ2v) is 2.47. The first-order valence-electron chi connectivity index (χ1n) is 3.20. The summed E-state index contributed by atoms with van der Waals surface area (Å²) in [6, 6.07) is 0. The molecule has 3 nitrogen and oxygen atoms in total. The molecular formula is C6H14ClNO2. The summed E-state index contributed by atoms with van der Waals surface area (Å²) in [5.41, 5.74) is -0.278. The molecule has 0 spiro atoms. The van der Waals surface area contributed by atoms with Gasteiger partial charge in [-0.2, -0.15) is 0 Å². The van der Waals surface area contributed by atoms with Gasteiger partial charge in [-0.25, -0.2) is 0 Å². The van der Waals surface area contributed by atoms with Crippen LogP contribution in [0.5, 0.6) is 0 Å². The van der Waals surface area contributed by atoms with Gasteiger partial charge in [-0.1, -0.05) is 0 Å². The Morgan fingerprint density at radius 3 is 2.60 bits per heavy atom.